The molecule has 0 bridgehead atoms. The molecule has 4 rings (SSSR count). The van der Waals surface area contributed by atoms with Crippen molar-refractivity contribution in [1.29, 1.82) is 0 Å². The van der Waals surface area contributed by atoms with Crippen LogP contribution in [-0.4, -0.2) is 28.8 Å². The van der Waals surface area contributed by atoms with Crippen molar-refractivity contribution in [2.75, 3.05) is 6.66 Å². The zero-order valence-electron chi connectivity index (χ0n) is 18.0. The molecule has 4 aromatic carbocycles. The van der Waals surface area contributed by atoms with Gasteiger partial charge in [0.25, 0.3) is 0 Å². The van der Waals surface area contributed by atoms with E-state index in [0.717, 1.165) is 18.2 Å². The number of rotatable bonds is 5. The summed E-state index contributed by atoms with van der Waals surface area (Å²) in [6, 6.07) is 35.3. The van der Waals surface area contributed by atoms with Crippen LogP contribution >= 0.6 is 7.26 Å². The molecule has 0 radical (unpaired) electrons. The molecule has 0 unspecified atom stereocenters. The molecule has 0 saturated carbocycles. The molecule has 5 nitrogen and oxygen atoms in total. The molecule has 2 N–H and O–H groups in total. The van der Waals surface area contributed by atoms with E-state index in [1.807, 2.05) is 0 Å². The van der Waals surface area contributed by atoms with Gasteiger partial charge in [-0.1, -0.05) is 66.7 Å². The molecule has 4 aromatic rings. The second kappa shape index (κ2) is 10.6. The molecule has 0 aliphatic rings. The van der Waals surface area contributed by atoms with E-state index in [0.29, 0.717) is 0 Å². The van der Waals surface area contributed by atoms with E-state index < -0.39 is 25.0 Å². The fourth-order valence-electron chi connectivity index (χ4n) is 3.47. The number of aromatic carboxylic acids is 2. The fourth-order valence-corrected chi connectivity index (χ4v) is 6.67. The maximum atomic E-state index is 10.8. The average molecular weight is 458 g/mol. The summed E-state index contributed by atoms with van der Waals surface area (Å²) in [6.07, 6.45) is 0. The van der Waals surface area contributed by atoms with Crippen molar-refractivity contribution in [3.05, 3.63) is 120 Å². The van der Waals surface area contributed by atoms with Crippen molar-refractivity contribution in [2.24, 2.45) is 0 Å². The predicted molar refractivity (Wildman–Crippen MR) is 131 cm³/mol. The van der Waals surface area contributed by atoms with Crippen molar-refractivity contribution in [2.45, 2.75) is 0 Å². The third-order valence-corrected chi connectivity index (χ3v) is 9.21. The molecule has 0 aliphatic carbocycles. The number of hydrogen-bond donors (Lipinski definition) is 2. The standard InChI is InChI=1S/C19H18P.C8H6O5/c1-20(17-11-5-2-6-12-17,18-13-7-3-8-14-18)19-15-9-4-10-16-19;9-6-2-4(7(10)11)1-5(3-6)8(12)13/h2-16H,1H3;1-3,9H,(H,10,11)(H,12,13)/q+1;/p-1. The van der Waals surface area contributed by atoms with Crippen LogP contribution in [0.4, 0.5) is 0 Å². The van der Waals surface area contributed by atoms with Gasteiger partial charge >= 0.3 is 11.9 Å². The van der Waals surface area contributed by atoms with Crippen molar-refractivity contribution < 1.29 is 24.9 Å². The summed E-state index contributed by atoms with van der Waals surface area (Å²) in [6.45, 7) is 2.41. The van der Waals surface area contributed by atoms with Gasteiger partial charge in [-0.3, -0.25) is 0 Å². The van der Waals surface area contributed by atoms with Gasteiger partial charge in [0.15, 0.2) is 0 Å². The molecule has 0 spiro atoms. The first-order valence-electron chi connectivity index (χ1n) is 10.1. The molecule has 0 aromatic heterocycles. The molecule has 0 amide bonds. The van der Waals surface area contributed by atoms with E-state index in [4.69, 9.17) is 10.2 Å². The first-order chi connectivity index (χ1) is 15.8. The lowest BCUT2D eigenvalue weighted by Crippen LogP contribution is -2.30. The molecule has 0 atom stereocenters. The maximum Gasteiger partial charge on any atom is 0.335 e. The highest BCUT2D eigenvalue weighted by Crippen LogP contribution is 2.51. The molecule has 166 valence electrons. The van der Waals surface area contributed by atoms with E-state index in [9.17, 15) is 14.7 Å². The Bertz CT molecular complexity index is 1100. The van der Waals surface area contributed by atoms with Crippen molar-refractivity contribution >= 4 is 35.1 Å². The summed E-state index contributed by atoms with van der Waals surface area (Å²) in [5.74, 6) is -3.27. The molecule has 0 aliphatic heterocycles. The zero-order valence-corrected chi connectivity index (χ0v) is 18.9. The minimum absolute atomic E-state index is 0.315. The third kappa shape index (κ3) is 5.65. The summed E-state index contributed by atoms with van der Waals surface area (Å²) in [5, 5.41) is 32.0. The van der Waals surface area contributed by atoms with Crippen LogP contribution in [-0.2, 0) is 0 Å². The molecule has 33 heavy (non-hydrogen) atoms. The summed E-state index contributed by atoms with van der Waals surface area (Å²) in [4.78, 5) is 20.8. The van der Waals surface area contributed by atoms with Crippen molar-refractivity contribution in [1.82, 2.24) is 0 Å². The zero-order chi connectivity index (χ0) is 23.8. The smallest absolute Gasteiger partial charge is 0.335 e. The minimum atomic E-state index is -1.53. The summed E-state index contributed by atoms with van der Waals surface area (Å²) < 4.78 is 0. The average Bonchev–Trinajstić information content (AvgIpc) is 2.85. The van der Waals surface area contributed by atoms with Gasteiger partial charge in [-0.15, -0.1) is 5.75 Å². The second-order valence-corrected chi connectivity index (χ2v) is 10.9. The van der Waals surface area contributed by atoms with E-state index >= 15 is 0 Å². The Balaban J connectivity index is 0.000000205. The number of benzene rings is 4. The third-order valence-electron chi connectivity index (χ3n) is 5.22. The van der Waals surface area contributed by atoms with Gasteiger partial charge in [-0.2, -0.15) is 0 Å². The molecular formula is C27H23O5P. The highest BCUT2D eigenvalue weighted by atomic mass is 31.2. The normalized spacial score (nSPS) is 10.6. The fraction of sp³-hybridized carbons (Fsp3) is 0.0370. The van der Waals surface area contributed by atoms with Crippen LogP contribution in [0, 0.1) is 0 Å². The molecule has 0 saturated heterocycles. The molecule has 6 heteroatoms. The van der Waals surface area contributed by atoms with Gasteiger partial charge in [-0.05, 0) is 42.5 Å². The van der Waals surface area contributed by atoms with E-state index in [-0.39, 0.29) is 11.1 Å². The summed E-state index contributed by atoms with van der Waals surface area (Å²) >= 11 is 0. The lowest BCUT2D eigenvalue weighted by atomic mass is 10.1. The summed E-state index contributed by atoms with van der Waals surface area (Å²) in [5.41, 5.74) is -0.630. The van der Waals surface area contributed by atoms with Crippen LogP contribution in [0.3, 0.4) is 0 Å². The largest absolute Gasteiger partial charge is 0.872 e. The highest BCUT2D eigenvalue weighted by Gasteiger charge is 2.39. The number of carboxylic acid groups (broad SMARTS) is 2. The van der Waals surface area contributed by atoms with Gasteiger partial charge < -0.3 is 15.3 Å². The Kier molecular flexibility index (Phi) is 7.60. The van der Waals surface area contributed by atoms with Crippen molar-refractivity contribution in [3.8, 4) is 5.75 Å². The molecule has 0 heterocycles. The second-order valence-electron chi connectivity index (χ2n) is 7.37. The lowest BCUT2D eigenvalue weighted by molar-refractivity contribution is -0.268. The van der Waals surface area contributed by atoms with Crippen LogP contribution < -0.4 is 21.0 Å². The minimum Gasteiger partial charge on any atom is -0.872 e. The van der Waals surface area contributed by atoms with Gasteiger partial charge in [0.1, 0.15) is 23.2 Å². The molecular weight excluding hydrogens is 435 g/mol. The molecule has 0 fully saturated rings. The van der Waals surface area contributed by atoms with E-state index in [1.54, 1.807) is 0 Å². The Morgan fingerprint density at radius 2 is 0.909 bits per heavy atom. The topological polar surface area (TPSA) is 97.7 Å². The quantitative estimate of drug-likeness (QED) is 0.444. The SMILES string of the molecule is C[P+](c1ccccc1)(c1ccccc1)c1ccccc1.O=C(O)c1cc([O-])cc(C(=O)O)c1. The lowest BCUT2D eigenvalue weighted by Gasteiger charge is -2.22. The maximum absolute atomic E-state index is 10.8. The van der Waals surface area contributed by atoms with Crippen molar-refractivity contribution in [3.63, 3.8) is 0 Å². The van der Waals surface area contributed by atoms with Gasteiger partial charge in [0.05, 0.1) is 17.8 Å². The van der Waals surface area contributed by atoms with E-state index in [1.165, 1.54) is 15.9 Å². The Hall–Kier alpha value is -3.95. The van der Waals surface area contributed by atoms with Crippen LogP contribution in [0.2, 0.25) is 0 Å². The first-order valence-corrected chi connectivity index (χ1v) is 12.4. The van der Waals surface area contributed by atoms with Crippen LogP contribution in [0.15, 0.2) is 109 Å². The predicted octanol–water partition coefficient (Wildman–Crippen LogP) is 3.77. The first kappa shape index (κ1) is 23.7. The van der Waals surface area contributed by atoms with Crippen LogP contribution in [0.1, 0.15) is 20.7 Å². The summed E-state index contributed by atoms with van der Waals surface area (Å²) in [7, 11) is -1.53. The Labute approximate surface area is 192 Å². The van der Waals surface area contributed by atoms with Crippen LogP contribution in [0.5, 0.6) is 5.75 Å². The van der Waals surface area contributed by atoms with Gasteiger partial charge in [0, 0.05) is 0 Å². The number of hydrogen-bond acceptors (Lipinski definition) is 3. The number of carboxylic acids is 2. The number of carbonyl (C=O) groups is 2. The van der Waals surface area contributed by atoms with Crippen LogP contribution in [0.25, 0.3) is 0 Å². The Morgan fingerprint density at radius 3 is 1.18 bits per heavy atom. The highest BCUT2D eigenvalue weighted by molar-refractivity contribution is 7.95. The Morgan fingerprint density at radius 1 is 0.606 bits per heavy atom. The van der Waals surface area contributed by atoms with E-state index in [2.05, 4.69) is 97.7 Å². The van der Waals surface area contributed by atoms with Gasteiger partial charge in [-0.25, -0.2) is 9.59 Å². The van der Waals surface area contributed by atoms with Gasteiger partial charge in [0.2, 0.25) is 0 Å². The monoisotopic (exact) mass is 458 g/mol.